The first-order valence-electron chi connectivity index (χ1n) is 8.50. The Bertz CT molecular complexity index is 1010. The summed E-state index contributed by atoms with van der Waals surface area (Å²) in [6.07, 6.45) is 0.559. The van der Waals surface area contributed by atoms with Gasteiger partial charge in [-0.15, -0.1) is 0 Å². The molecule has 1 heterocycles. The van der Waals surface area contributed by atoms with Crippen LogP contribution in [0.1, 0.15) is 11.1 Å². The first-order chi connectivity index (χ1) is 12.9. The number of halogens is 1. The molecule has 7 heteroatoms. The van der Waals surface area contributed by atoms with E-state index in [9.17, 15) is 19.1 Å². The van der Waals surface area contributed by atoms with Gasteiger partial charge in [0, 0.05) is 19.7 Å². The summed E-state index contributed by atoms with van der Waals surface area (Å²) in [6, 6.07) is 14.0. The van der Waals surface area contributed by atoms with Gasteiger partial charge in [0.2, 0.25) is 0 Å². The zero-order valence-electron chi connectivity index (χ0n) is 14.9. The molecule has 0 saturated heterocycles. The molecule has 0 fully saturated rings. The fraction of sp³-hybridized carbons (Fsp3) is 0.200. The normalized spacial score (nSPS) is 10.7. The number of hydrogen-bond donors (Lipinski definition) is 2. The Kier molecular flexibility index (Phi) is 5.40. The molecule has 0 atom stereocenters. The summed E-state index contributed by atoms with van der Waals surface area (Å²) in [5.74, 6) is 0.242. The molecule has 2 N–H and O–H groups in total. The third-order valence-electron chi connectivity index (χ3n) is 4.38. The van der Waals surface area contributed by atoms with Gasteiger partial charge in [-0.3, -0.25) is 14.3 Å². The van der Waals surface area contributed by atoms with Crippen LogP contribution in [0.5, 0.6) is 5.75 Å². The number of phenolic OH excluding ortho intramolecular Hbond substituents is 1. The Labute approximate surface area is 155 Å². The molecule has 0 spiro atoms. The summed E-state index contributed by atoms with van der Waals surface area (Å²) < 4.78 is 14.1. The molecular formula is C20H20FN3O3. The van der Waals surface area contributed by atoms with Crippen LogP contribution in [0.3, 0.4) is 0 Å². The Balaban J connectivity index is 1.75. The van der Waals surface area contributed by atoms with Gasteiger partial charge >= 0.3 is 5.69 Å². The molecule has 0 bridgehead atoms. The van der Waals surface area contributed by atoms with Gasteiger partial charge in [-0.1, -0.05) is 30.3 Å². The fourth-order valence-electron chi connectivity index (χ4n) is 2.77. The van der Waals surface area contributed by atoms with Crippen molar-refractivity contribution in [3.05, 3.63) is 92.4 Å². The van der Waals surface area contributed by atoms with Crippen LogP contribution >= 0.6 is 0 Å². The smallest absolute Gasteiger partial charge is 0.330 e. The van der Waals surface area contributed by atoms with Crippen LogP contribution < -0.4 is 16.1 Å². The number of aromatic hydroxyl groups is 1. The molecule has 1 aromatic heterocycles. The molecule has 2 aromatic carbocycles. The lowest BCUT2D eigenvalue weighted by Gasteiger charge is -2.19. The third-order valence-corrected chi connectivity index (χ3v) is 4.38. The van der Waals surface area contributed by atoms with Crippen molar-refractivity contribution in [2.75, 3.05) is 18.5 Å². The number of likely N-dealkylation sites (N-methyl/N-ethyl adjacent to an activating group) is 1. The average Bonchev–Trinajstić information content (AvgIpc) is 2.65. The van der Waals surface area contributed by atoms with Crippen LogP contribution in [-0.4, -0.2) is 28.3 Å². The Hall–Kier alpha value is -3.35. The lowest BCUT2D eigenvalue weighted by Crippen LogP contribution is -2.37. The van der Waals surface area contributed by atoms with E-state index in [4.69, 9.17) is 0 Å². The van der Waals surface area contributed by atoms with Crippen molar-refractivity contribution in [1.29, 1.82) is 0 Å². The van der Waals surface area contributed by atoms with Crippen LogP contribution in [0.25, 0.3) is 0 Å². The molecule has 0 aliphatic carbocycles. The van der Waals surface area contributed by atoms with E-state index in [1.165, 1.54) is 30.3 Å². The molecule has 3 rings (SSSR count). The number of H-pyrrole nitrogens is 1. The van der Waals surface area contributed by atoms with Gasteiger partial charge in [-0.25, -0.2) is 9.18 Å². The predicted molar refractivity (Wildman–Crippen MR) is 102 cm³/mol. The first kappa shape index (κ1) is 18.4. The molecular weight excluding hydrogens is 349 g/mol. The molecule has 0 aliphatic rings. The maximum absolute atomic E-state index is 13.0. The predicted octanol–water partition coefficient (Wildman–Crippen LogP) is 2.11. The molecule has 0 amide bonds. The van der Waals surface area contributed by atoms with Crippen molar-refractivity contribution in [2.24, 2.45) is 0 Å². The number of phenols is 1. The quantitative estimate of drug-likeness (QED) is 0.698. The molecule has 6 nitrogen and oxygen atoms in total. The summed E-state index contributed by atoms with van der Waals surface area (Å²) >= 11 is 0. The maximum atomic E-state index is 13.0. The highest BCUT2D eigenvalue weighted by Crippen LogP contribution is 2.17. The number of nitrogens with one attached hydrogen (secondary N) is 1. The summed E-state index contributed by atoms with van der Waals surface area (Å²) in [6.45, 7) is 0.575. The van der Waals surface area contributed by atoms with Gasteiger partial charge in [-0.05, 0) is 35.7 Å². The van der Waals surface area contributed by atoms with Gasteiger partial charge in [0.25, 0.3) is 5.56 Å². The molecule has 0 unspecified atom stereocenters. The second-order valence-corrected chi connectivity index (χ2v) is 6.31. The van der Waals surface area contributed by atoms with E-state index >= 15 is 0 Å². The minimum Gasteiger partial charge on any atom is -0.508 e. The van der Waals surface area contributed by atoms with Crippen LogP contribution in [-0.2, 0) is 13.0 Å². The lowest BCUT2D eigenvalue weighted by atomic mass is 10.1. The van der Waals surface area contributed by atoms with E-state index in [0.717, 1.165) is 10.1 Å². The number of hydrogen-bond acceptors (Lipinski definition) is 4. The van der Waals surface area contributed by atoms with Crippen molar-refractivity contribution in [3.8, 4) is 5.75 Å². The van der Waals surface area contributed by atoms with Gasteiger partial charge in [0.15, 0.2) is 0 Å². The highest BCUT2D eigenvalue weighted by atomic mass is 19.1. The minimum atomic E-state index is -0.531. The molecule has 0 saturated carbocycles. The zero-order valence-corrected chi connectivity index (χ0v) is 14.9. The van der Waals surface area contributed by atoms with Crippen molar-refractivity contribution in [2.45, 2.75) is 13.0 Å². The van der Waals surface area contributed by atoms with Gasteiger partial charge in [0.1, 0.15) is 17.4 Å². The lowest BCUT2D eigenvalue weighted by molar-refractivity contribution is 0.468. The molecule has 140 valence electrons. The van der Waals surface area contributed by atoms with E-state index in [1.807, 2.05) is 12.1 Å². The van der Waals surface area contributed by atoms with Gasteiger partial charge in [-0.2, -0.15) is 0 Å². The van der Waals surface area contributed by atoms with Crippen molar-refractivity contribution >= 4 is 5.82 Å². The maximum Gasteiger partial charge on any atom is 0.330 e. The van der Waals surface area contributed by atoms with Crippen LogP contribution in [0.4, 0.5) is 10.2 Å². The zero-order chi connectivity index (χ0) is 19.4. The van der Waals surface area contributed by atoms with E-state index in [2.05, 4.69) is 4.98 Å². The Morgan fingerprint density at radius 2 is 1.81 bits per heavy atom. The fourth-order valence-corrected chi connectivity index (χ4v) is 2.77. The number of para-hydroxylation sites is 1. The molecule has 0 aliphatic heterocycles. The first-order valence-corrected chi connectivity index (χ1v) is 8.50. The standard InChI is InChI=1S/C20H20FN3O3/c1-23(11-10-15-4-2-3-5-17(15)25)18-12-19(26)24(20(27)22-18)13-14-6-8-16(21)9-7-14/h2-9,12,25H,10-11,13H2,1H3,(H,22,27). The topological polar surface area (TPSA) is 78.3 Å². The Morgan fingerprint density at radius 3 is 2.48 bits per heavy atom. The monoisotopic (exact) mass is 369 g/mol. The summed E-state index contributed by atoms with van der Waals surface area (Å²) in [5.41, 5.74) is 0.477. The van der Waals surface area contributed by atoms with E-state index in [0.29, 0.717) is 24.3 Å². The minimum absolute atomic E-state index is 0.0658. The highest BCUT2D eigenvalue weighted by Gasteiger charge is 2.10. The summed E-state index contributed by atoms with van der Waals surface area (Å²) in [7, 11) is 1.76. The van der Waals surface area contributed by atoms with Crippen LogP contribution in [0.2, 0.25) is 0 Å². The number of aromatic amines is 1. The number of benzene rings is 2. The van der Waals surface area contributed by atoms with Crippen molar-refractivity contribution < 1.29 is 9.50 Å². The van der Waals surface area contributed by atoms with Gasteiger partial charge in [0.05, 0.1) is 6.54 Å². The van der Waals surface area contributed by atoms with Crippen LogP contribution in [0.15, 0.2) is 64.2 Å². The van der Waals surface area contributed by atoms with Crippen molar-refractivity contribution in [3.63, 3.8) is 0 Å². The second-order valence-electron chi connectivity index (χ2n) is 6.31. The molecule has 3 aromatic rings. The van der Waals surface area contributed by atoms with E-state index < -0.39 is 11.2 Å². The molecule has 27 heavy (non-hydrogen) atoms. The highest BCUT2D eigenvalue weighted by molar-refractivity contribution is 5.37. The summed E-state index contributed by atoms with van der Waals surface area (Å²) in [4.78, 5) is 29.1. The number of rotatable bonds is 6. The number of anilines is 1. The number of nitrogens with zero attached hydrogens (tertiary/aromatic N) is 2. The van der Waals surface area contributed by atoms with Crippen LogP contribution in [0, 0.1) is 5.82 Å². The van der Waals surface area contributed by atoms with Crippen molar-refractivity contribution in [1.82, 2.24) is 9.55 Å². The van der Waals surface area contributed by atoms with E-state index in [-0.39, 0.29) is 18.1 Å². The number of aromatic nitrogens is 2. The summed E-state index contributed by atoms with van der Waals surface area (Å²) in [5, 5.41) is 9.82. The molecule has 0 radical (unpaired) electrons. The third kappa shape index (κ3) is 4.44. The Morgan fingerprint density at radius 1 is 1.11 bits per heavy atom. The SMILES string of the molecule is CN(CCc1ccccc1O)c1cc(=O)n(Cc2ccc(F)cc2)c(=O)[nH]1. The average molecular weight is 369 g/mol. The van der Waals surface area contributed by atoms with E-state index in [1.54, 1.807) is 24.1 Å². The second kappa shape index (κ2) is 7.90. The largest absolute Gasteiger partial charge is 0.508 e. The van der Waals surface area contributed by atoms with Gasteiger partial charge < -0.3 is 10.0 Å².